The lowest BCUT2D eigenvalue weighted by Crippen LogP contribution is -2.49. The molecule has 2 atom stereocenters. The van der Waals surface area contributed by atoms with Crippen LogP contribution in [0.5, 0.6) is 0 Å². The molecule has 1 saturated carbocycles. The van der Waals surface area contributed by atoms with Gasteiger partial charge in [-0.2, -0.15) is 0 Å². The molecule has 3 heteroatoms. The molecule has 70 valence electrons. The highest BCUT2D eigenvalue weighted by Crippen LogP contribution is 2.23. The van der Waals surface area contributed by atoms with Crippen molar-refractivity contribution in [1.29, 1.82) is 0 Å². The zero-order chi connectivity index (χ0) is 8.39. The first kappa shape index (κ1) is 8.48. The molecule has 1 heterocycles. The van der Waals surface area contributed by atoms with E-state index in [1.807, 2.05) is 0 Å². The molecule has 1 saturated heterocycles. The minimum absolute atomic E-state index is 0.420. The SMILES string of the molecule is N[C@@H]1CCC[C@@H]1N1CCOCC1. The van der Waals surface area contributed by atoms with Crippen LogP contribution < -0.4 is 5.73 Å². The summed E-state index contributed by atoms with van der Waals surface area (Å²) in [4.78, 5) is 2.50. The summed E-state index contributed by atoms with van der Waals surface area (Å²) in [5.41, 5.74) is 6.03. The maximum absolute atomic E-state index is 6.03. The van der Waals surface area contributed by atoms with E-state index < -0.39 is 0 Å². The van der Waals surface area contributed by atoms with Gasteiger partial charge in [-0.15, -0.1) is 0 Å². The Bertz CT molecular complexity index is 145. The fourth-order valence-corrected chi connectivity index (χ4v) is 2.33. The van der Waals surface area contributed by atoms with E-state index in [-0.39, 0.29) is 0 Å². The normalized spacial score (nSPS) is 38.8. The van der Waals surface area contributed by atoms with E-state index in [0.29, 0.717) is 12.1 Å². The fraction of sp³-hybridized carbons (Fsp3) is 1.00. The van der Waals surface area contributed by atoms with Crippen LogP contribution in [0.1, 0.15) is 19.3 Å². The number of ether oxygens (including phenoxy) is 1. The van der Waals surface area contributed by atoms with Crippen LogP contribution in [-0.2, 0) is 4.74 Å². The summed E-state index contributed by atoms with van der Waals surface area (Å²) < 4.78 is 5.31. The predicted octanol–water partition coefficient (Wildman–Crippen LogP) is 0.198. The van der Waals surface area contributed by atoms with E-state index in [1.54, 1.807) is 0 Å². The van der Waals surface area contributed by atoms with Crippen molar-refractivity contribution in [3.8, 4) is 0 Å². The van der Waals surface area contributed by atoms with Crippen molar-refractivity contribution in [2.75, 3.05) is 26.3 Å². The molecule has 12 heavy (non-hydrogen) atoms. The zero-order valence-corrected chi connectivity index (χ0v) is 7.54. The van der Waals surface area contributed by atoms with Gasteiger partial charge in [-0.25, -0.2) is 0 Å². The lowest BCUT2D eigenvalue weighted by Gasteiger charge is -2.34. The second-order valence-electron chi connectivity index (χ2n) is 3.81. The minimum Gasteiger partial charge on any atom is -0.379 e. The van der Waals surface area contributed by atoms with Crippen molar-refractivity contribution in [3.63, 3.8) is 0 Å². The first-order chi connectivity index (χ1) is 5.88. The van der Waals surface area contributed by atoms with E-state index >= 15 is 0 Å². The molecule has 0 aromatic heterocycles. The Morgan fingerprint density at radius 1 is 1.17 bits per heavy atom. The Morgan fingerprint density at radius 2 is 1.92 bits per heavy atom. The van der Waals surface area contributed by atoms with Gasteiger partial charge in [0, 0.05) is 25.2 Å². The largest absolute Gasteiger partial charge is 0.379 e. The van der Waals surface area contributed by atoms with Crippen LogP contribution in [-0.4, -0.2) is 43.3 Å². The number of nitrogens with zero attached hydrogens (tertiary/aromatic N) is 1. The van der Waals surface area contributed by atoms with Crippen molar-refractivity contribution < 1.29 is 4.74 Å². The zero-order valence-electron chi connectivity index (χ0n) is 7.54. The molecule has 3 nitrogen and oxygen atoms in total. The lowest BCUT2D eigenvalue weighted by atomic mass is 10.1. The Hall–Kier alpha value is -0.120. The summed E-state index contributed by atoms with van der Waals surface area (Å²) in [6.07, 6.45) is 3.81. The average Bonchev–Trinajstić information content (AvgIpc) is 2.53. The maximum Gasteiger partial charge on any atom is 0.0594 e. The molecular formula is C9H18N2O. The van der Waals surface area contributed by atoms with Crippen molar-refractivity contribution in [1.82, 2.24) is 4.90 Å². The predicted molar refractivity (Wildman–Crippen MR) is 48.0 cm³/mol. The van der Waals surface area contributed by atoms with Gasteiger partial charge in [0.05, 0.1) is 13.2 Å². The number of hydrogen-bond donors (Lipinski definition) is 1. The van der Waals surface area contributed by atoms with E-state index in [9.17, 15) is 0 Å². The van der Waals surface area contributed by atoms with E-state index in [0.717, 1.165) is 26.3 Å². The molecule has 2 N–H and O–H groups in total. The highest BCUT2D eigenvalue weighted by atomic mass is 16.5. The van der Waals surface area contributed by atoms with Crippen LogP contribution in [0.4, 0.5) is 0 Å². The highest BCUT2D eigenvalue weighted by molar-refractivity contribution is 4.88. The molecule has 0 bridgehead atoms. The van der Waals surface area contributed by atoms with Crippen LogP contribution >= 0.6 is 0 Å². The summed E-state index contributed by atoms with van der Waals surface area (Å²) in [7, 11) is 0. The standard InChI is InChI=1S/C9H18N2O/c10-8-2-1-3-9(8)11-4-6-12-7-5-11/h8-9H,1-7,10H2/t8-,9+/m1/s1. The number of nitrogens with two attached hydrogens (primary N) is 1. The second-order valence-corrected chi connectivity index (χ2v) is 3.81. The third-order valence-electron chi connectivity index (χ3n) is 3.05. The van der Waals surface area contributed by atoms with Gasteiger partial charge >= 0.3 is 0 Å². The van der Waals surface area contributed by atoms with Gasteiger partial charge in [-0.3, -0.25) is 4.90 Å². The fourth-order valence-electron chi connectivity index (χ4n) is 2.33. The van der Waals surface area contributed by atoms with Crippen LogP contribution in [0.15, 0.2) is 0 Å². The molecule has 0 amide bonds. The smallest absolute Gasteiger partial charge is 0.0594 e. The van der Waals surface area contributed by atoms with Crippen molar-refractivity contribution in [2.24, 2.45) is 5.73 Å². The van der Waals surface area contributed by atoms with Crippen molar-refractivity contribution in [2.45, 2.75) is 31.3 Å². The summed E-state index contributed by atoms with van der Waals surface area (Å²) in [6, 6.07) is 1.07. The third-order valence-corrected chi connectivity index (χ3v) is 3.05. The molecule has 2 rings (SSSR count). The molecular weight excluding hydrogens is 152 g/mol. The van der Waals surface area contributed by atoms with Crippen molar-refractivity contribution >= 4 is 0 Å². The van der Waals surface area contributed by atoms with Gasteiger partial charge in [-0.05, 0) is 12.8 Å². The van der Waals surface area contributed by atoms with Crippen LogP contribution in [0.25, 0.3) is 0 Å². The molecule has 1 aliphatic heterocycles. The molecule has 2 fully saturated rings. The second kappa shape index (κ2) is 3.73. The van der Waals surface area contributed by atoms with E-state index in [4.69, 9.17) is 10.5 Å². The van der Waals surface area contributed by atoms with Gasteiger partial charge in [0.2, 0.25) is 0 Å². The first-order valence-electron chi connectivity index (χ1n) is 4.95. The molecule has 1 aliphatic carbocycles. The molecule has 0 aromatic rings. The minimum atomic E-state index is 0.420. The number of hydrogen-bond acceptors (Lipinski definition) is 3. The molecule has 0 radical (unpaired) electrons. The quantitative estimate of drug-likeness (QED) is 0.611. The van der Waals surface area contributed by atoms with E-state index in [1.165, 1.54) is 19.3 Å². The van der Waals surface area contributed by atoms with Gasteiger partial charge < -0.3 is 10.5 Å². The van der Waals surface area contributed by atoms with Crippen molar-refractivity contribution in [3.05, 3.63) is 0 Å². The van der Waals surface area contributed by atoms with Crippen LogP contribution in [0, 0.1) is 0 Å². The molecule has 0 aromatic carbocycles. The Kier molecular flexibility index (Phi) is 2.63. The number of rotatable bonds is 1. The van der Waals surface area contributed by atoms with Gasteiger partial charge in [0.25, 0.3) is 0 Å². The maximum atomic E-state index is 6.03. The van der Waals surface area contributed by atoms with Gasteiger partial charge in [-0.1, -0.05) is 6.42 Å². The Balaban J connectivity index is 1.89. The van der Waals surface area contributed by atoms with Gasteiger partial charge in [0.1, 0.15) is 0 Å². The third kappa shape index (κ3) is 1.63. The lowest BCUT2D eigenvalue weighted by molar-refractivity contribution is 0.0150. The molecule has 0 spiro atoms. The van der Waals surface area contributed by atoms with Crippen LogP contribution in [0.2, 0.25) is 0 Å². The topological polar surface area (TPSA) is 38.5 Å². The Labute approximate surface area is 73.9 Å². The number of morpholine rings is 1. The van der Waals surface area contributed by atoms with Crippen LogP contribution in [0.3, 0.4) is 0 Å². The average molecular weight is 170 g/mol. The Morgan fingerprint density at radius 3 is 2.50 bits per heavy atom. The first-order valence-corrected chi connectivity index (χ1v) is 4.95. The molecule has 2 aliphatic rings. The summed E-state index contributed by atoms with van der Waals surface area (Å²) in [6.45, 7) is 3.95. The monoisotopic (exact) mass is 170 g/mol. The highest BCUT2D eigenvalue weighted by Gasteiger charge is 2.29. The van der Waals surface area contributed by atoms with E-state index in [2.05, 4.69) is 4.90 Å². The van der Waals surface area contributed by atoms with Gasteiger partial charge in [0.15, 0.2) is 0 Å². The summed E-state index contributed by atoms with van der Waals surface area (Å²) in [5, 5.41) is 0. The summed E-state index contributed by atoms with van der Waals surface area (Å²) >= 11 is 0. The summed E-state index contributed by atoms with van der Waals surface area (Å²) in [5.74, 6) is 0. The molecule has 0 unspecified atom stereocenters.